The number of benzene rings is 2. The van der Waals surface area contributed by atoms with Crippen molar-refractivity contribution in [1.29, 1.82) is 0 Å². The Labute approximate surface area is 201 Å². The number of hydrogen-bond acceptors (Lipinski definition) is 5. The maximum atomic E-state index is 12.5. The molecule has 0 radical (unpaired) electrons. The molecule has 2 aromatic carbocycles. The quantitative estimate of drug-likeness (QED) is 0.257. The fourth-order valence-electron chi connectivity index (χ4n) is 4.08. The predicted molar refractivity (Wildman–Crippen MR) is 137 cm³/mol. The summed E-state index contributed by atoms with van der Waals surface area (Å²) in [6.45, 7) is 9.20. The van der Waals surface area contributed by atoms with Crippen LogP contribution in [0.4, 0.5) is 0 Å². The van der Waals surface area contributed by atoms with Gasteiger partial charge in [0.2, 0.25) is 5.91 Å². The second-order valence-electron chi connectivity index (χ2n) is 8.23. The zero-order chi connectivity index (χ0) is 24.7. The Hall–Kier alpha value is -3.41. The van der Waals surface area contributed by atoms with E-state index in [1.165, 1.54) is 0 Å². The minimum atomic E-state index is -0.0962. The first-order valence-corrected chi connectivity index (χ1v) is 11.8. The van der Waals surface area contributed by atoms with Crippen molar-refractivity contribution in [3.63, 3.8) is 0 Å². The van der Waals surface area contributed by atoms with Gasteiger partial charge in [-0.25, -0.2) is 0 Å². The zero-order valence-corrected chi connectivity index (χ0v) is 21.0. The molecule has 1 amide bonds. The number of hydrogen-bond donors (Lipinski definition) is 1. The molecule has 3 aromatic rings. The molecule has 0 fully saturated rings. The van der Waals surface area contributed by atoms with Crippen molar-refractivity contribution in [3.05, 3.63) is 47.7 Å². The lowest BCUT2D eigenvalue weighted by molar-refractivity contribution is -0.116. The molecule has 34 heavy (non-hydrogen) atoms. The van der Waals surface area contributed by atoms with Gasteiger partial charge >= 0.3 is 0 Å². The Morgan fingerprint density at radius 1 is 1.09 bits per heavy atom. The summed E-state index contributed by atoms with van der Waals surface area (Å²) in [5.74, 6) is 1.95. The van der Waals surface area contributed by atoms with E-state index in [0.717, 1.165) is 63.8 Å². The van der Waals surface area contributed by atoms with E-state index in [1.807, 2.05) is 45.0 Å². The molecule has 6 nitrogen and oxygen atoms in total. The minimum absolute atomic E-state index is 0.0962. The van der Waals surface area contributed by atoms with Crippen molar-refractivity contribution in [1.82, 2.24) is 5.32 Å². The van der Waals surface area contributed by atoms with Gasteiger partial charge in [0, 0.05) is 34.7 Å². The van der Waals surface area contributed by atoms with Gasteiger partial charge in [0.1, 0.15) is 11.3 Å². The lowest BCUT2D eigenvalue weighted by Gasteiger charge is -2.15. The van der Waals surface area contributed by atoms with Crippen LogP contribution in [0.5, 0.6) is 17.2 Å². The normalized spacial score (nSPS) is 11.5. The number of carbonyl (C=O) groups excluding carboxylic acids is 1. The number of fused-ring (bicyclic) bond motifs is 1. The summed E-state index contributed by atoms with van der Waals surface area (Å²) >= 11 is 0. The second-order valence-corrected chi connectivity index (χ2v) is 8.23. The van der Waals surface area contributed by atoms with Crippen LogP contribution >= 0.6 is 0 Å². The number of aryl methyl sites for hydroxylation is 1. The van der Waals surface area contributed by atoms with Gasteiger partial charge in [0.15, 0.2) is 11.5 Å². The van der Waals surface area contributed by atoms with Crippen LogP contribution in [0.2, 0.25) is 0 Å². The topological polar surface area (TPSA) is 69.9 Å². The maximum absolute atomic E-state index is 12.5. The van der Waals surface area contributed by atoms with Crippen LogP contribution in [-0.4, -0.2) is 33.3 Å². The highest BCUT2D eigenvalue weighted by molar-refractivity contribution is 6.01. The molecule has 6 heteroatoms. The monoisotopic (exact) mass is 465 g/mol. The third-order valence-corrected chi connectivity index (χ3v) is 5.88. The number of nitrogens with one attached hydrogen (secondary N) is 1. The first kappa shape index (κ1) is 25.2. The molecule has 182 valence electrons. The molecular weight excluding hydrogens is 430 g/mol. The lowest BCUT2D eigenvalue weighted by Crippen LogP contribution is -2.22. The molecule has 0 aliphatic rings. The number of rotatable bonds is 11. The number of carbonyl (C=O) groups is 1. The Balaban J connectivity index is 2.07. The average Bonchev–Trinajstić information content (AvgIpc) is 3.27. The van der Waals surface area contributed by atoms with Gasteiger partial charge in [-0.05, 0) is 56.5 Å². The molecule has 0 bridgehead atoms. The van der Waals surface area contributed by atoms with Crippen LogP contribution in [0.25, 0.3) is 27.7 Å². The number of allylic oxidation sites excluding steroid dienone is 1. The van der Waals surface area contributed by atoms with Gasteiger partial charge in [-0.1, -0.05) is 25.8 Å². The summed E-state index contributed by atoms with van der Waals surface area (Å²) < 4.78 is 22.9. The summed E-state index contributed by atoms with van der Waals surface area (Å²) in [6, 6.07) is 7.83. The van der Waals surface area contributed by atoms with E-state index in [0.29, 0.717) is 24.7 Å². The predicted octanol–water partition coefficient (Wildman–Crippen LogP) is 6.53. The Morgan fingerprint density at radius 3 is 2.53 bits per heavy atom. The Morgan fingerprint density at radius 2 is 1.85 bits per heavy atom. The van der Waals surface area contributed by atoms with E-state index in [4.69, 9.17) is 18.6 Å². The van der Waals surface area contributed by atoms with Crippen molar-refractivity contribution in [2.45, 2.75) is 47.0 Å². The van der Waals surface area contributed by atoms with Crippen molar-refractivity contribution in [3.8, 4) is 28.4 Å². The first-order valence-electron chi connectivity index (χ1n) is 11.8. The summed E-state index contributed by atoms with van der Waals surface area (Å²) in [7, 11) is 3.23. The third-order valence-electron chi connectivity index (χ3n) is 5.88. The highest BCUT2D eigenvalue weighted by atomic mass is 16.5. The number of furan rings is 1. The van der Waals surface area contributed by atoms with Crippen LogP contribution in [0.3, 0.4) is 0 Å². The molecule has 1 N–H and O–H groups in total. The van der Waals surface area contributed by atoms with Crippen LogP contribution < -0.4 is 19.5 Å². The lowest BCUT2D eigenvalue weighted by atomic mass is 9.96. The fourth-order valence-corrected chi connectivity index (χ4v) is 4.08. The zero-order valence-electron chi connectivity index (χ0n) is 21.0. The Bertz CT molecular complexity index is 1180. The minimum Gasteiger partial charge on any atom is -0.493 e. The molecule has 0 saturated heterocycles. The van der Waals surface area contributed by atoms with Crippen molar-refractivity contribution < 1.29 is 23.4 Å². The van der Waals surface area contributed by atoms with Gasteiger partial charge in [-0.3, -0.25) is 4.79 Å². The molecule has 1 heterocycles. The fraction of sp³-hybridized carbons (Fsp3) is 0.393. The molecule has 0 unspecified atom stereocenters. The SMILES string of the molecule is CCCCCNC(=O)/C=C(\C)c1cc2c(-c3ccc(OC)c(OC)c3)coc2c(C)c1OCC. The Kier molecular flexibility index (Phi) is 8.63. The van der Waals surface area contributed by atoms with Crippen molar-refractivity contribution >= 4 is 22.4 Å². The van der Waals surface area contributed by atoms with E-state index in [2.05, 4.69) is 12.2 Å². The number of methoxy groups -OCH3 is 2. The van der Waals surface area contributed by atoms with E-state index in [9.17, 15) is 4.79 Å². The van der Waals surface area contributed by atoms with Gasteiger partial charge in [-0.2, -0.15) is 0 Å². The smallest absolute Gasteiger partial charge is 0.244 e. The maximum Gasteiger partial charge on any atom is 0.244 e. The molecule has 0 spiro atoms. The highest BCUT2D eigenvalue weighted by Crippen LogP contribution is 2.42. The van der Waals surface area contributed by atoms with Gasteiger partial charge in [-0.15, -0.1) is 0 Å². The molecule has 0 aliphatic heterocycles. The molecule has 1 aromatic heterocycles. The van der Waals surface area contributed by atoms with E-state index in [-0.39, 0.29) is 5.91 Å². The number of ether oxygens (including phenoxy) is 3. The van der Waals surface area contributed by atoms with E-state index in [1.54, 1.807) is 26.6 Å². The third kappa shape index (κ3) is 5.38. The molecule has 0 aliphatic carbocycles. The number of unbranched alkanes of at least 4 members (excludes halogenated alkanes) is 2. The standard InChI is InChI=1S/C28H35NO5/c1-7-9-10-13-29-26(30)14-18(3)21-16-22-23(17-34-28(22)19(4)27(21)33-8-2)20-11-12-24(31-5)25(15-20)32-6/h11-12,14-17H,7-10,13H2,1-6H3,(H,29,30)/b18-14+. The molecule has 0 atom stereocenters. The molecule has 3 rings (SSSR count). The van der Waals surface area contributed by atoms with Gasteiger partial charge < -0.3 is 23.9 Å². The van der Waals surface area contributed by atoms with E-state index >= 15 is 0 Å². The van der Waals surface area contributed by atoms with Crippen LogP contribution in [0.15, 0.2) is 41.0 Å². The largest absolute Gasteiger partial charge is 0.493 e. The van der Waals surface area contributed by atoms with Gasteiger partial charge in [0.25, 0.3) is 0 Å². The van der Waals surface area contributed by atoms with E-state index < -0.39 is 0 Å². The van der Waals surface area contributed by atoms with Crippen LogP contribution in [0, 0.1) is 6.92 Å². The van der Waals surface area contributed by atoms with Gasteiger partial charge in [0.05, 0.1) is 27.1 Å². The highest BCUT2D eigenvalue weighted by Gasteiger charge is 2.20. The second kappa shape index (κ2) is 11.6. The van der Waals surface area contributed by atoms with Crippen molar-refractivity contribution in [2.75, 3.05) is 27.4 Å². The summed E-state index contributed by atoms with van der Waals surface area (Å²) in [5, 5.41) is 3.92. The van der Waals surface area contributed by atoms with Crippen LogP contribution in [0.1, 0.15) is 51.2 Å². The first-order chi connectivity index (χ1) is 16.4. The molecular formula is C28H35NO5. The summed E-state index contributed by atoms with van der Waals surface area (Å²) in [5.41, 5.74) is 5.24. The van der Waals surface area contributed by atoms with Crippen molar-refractivity contribution in [2.24, 2.45) is 0 Å². The molecule has 0 saturated carbocycles. The number of amides is 1. The summed E-state index contributed by atoms with van der Waals surface area (Å²) in [6.07, 6.45) is 6.60. The average molecular weight is 466 g/mol. The summed E-state index contributed by atoms with van der Waals surface area (Å²) in [4.78, 5) is 12.5. The van der Waals surface area contributed by atoms with Crippen LogP contribution in [-0.2, 0) is 4.79 Å².